The number of hydrogen-bond donors (Lipinski definition) is 2. The summed E-state index contributed by atoms with van der Waals surface area (Å²) in [4.78, 5) is 0.123. The predicted octanol–water partition coefficient (Wildman–Crippen LogP) is 3.24. The maximum atomic E-state index is 12.3. The summed E-state index contributed by atoms with van der Waals surface area (Å²) in [7, 11) is -3.58. The van der Waals surface area contributed by atoms with Crippen LogP contribution in [0.3, 0.4) is 0 Å². The van der Waals surface area contributed by atoms with Crippen LogP contribution in [0.5, 0.6) is 0 Å². The molecule has 114 valence electrons. The third-order valence-electron chi connectivity index (χ3n) is 3.49. The number of anilines is 1. The molecule has 20 heavy (non-hydrogen) atoms. The monoisotopic (exact) mass is 362 g/mol. The molecule has 0 bridgehead atoms. The van der Waals surface area contributed by atoms with Crippen molar-refractivity contribution in [2.75, 3.05) is 12.3 Å². The lowest BCUT2D eigenvalue weighted by Gasteiger charge is -2.25. The quantitative estimate of drug-likeness (QED) is 0.762. The highest BCUT2D eigenvalue weighted by Crippen LogP contribution is 2.24. The van der Waals surface area contributed by atoms with Crippen LogP contribution < -0.4 is 10.5 Å². The number of nitrogens with two attached hydrogens (primary N) is 1. The first-order valence-electron chi connectivity index (χ1n) is 6.70. The molecule has 0 spiro atoms. The van der Waals surface area contributed by atoms with E-state index in [4.69, 9.17) is 5.73 Å². The molecule has 4 nitrogen and oxygen atoms in total. The highest BCUT2D eigenvalue weighted by molar-refractivity contribution is 9.10. The second-order valence-corrected chi connectivity index (χ2v) is 8.34. The SMILES string of the molecule is CC(C)C(CNS(=O)(=O)c1cc(Br)ccc1N)C(C)C. The van der Waals surface area contributed by atoms with E-state index in [0.717, 1.165) is 0 Å². The molecular weight excluding hydrogens is 340 g/mol. The van der Waals surface area contributed by atoms with Crippen molar-refractivity contribution in [2.24, 2.45) is 17.8 Å². The minimum Gasteiger partial charge on any atom is -0.398 e. The van der Waals surface area contributed by atoms with Crippen LogP contribution in [0.1, 0.15) is 27.7 Å². The molecule has 1 rings (SSSR count). The van der Waals surface area contributed by atoms with Crippen LogP contribution in [-0.2, 0) is 10.0 Å². The van der Waals surface area contributed by atoms with Gasteiger partial charge in [-0.1, -0.05) is 43.6 Å². The van der Waals surface area contributed by atoms with E-state index in [-0.39, 0.29) is 16.5 Å². The smallest absolute Gasteiger partial charge is 0.242 e. The van der Waals surface area contributed by atoms with Gasteiger partial charge in [-0.25, -0.2) is 13.1 Å². The molecule has 0 aromatic heterocycles. The number of benzene rings is 1. The first kappa shape index (κ1) is 17.5. The average Bonchev–Trinajstić information content (AvgIpc) is 2.31. The molecule has 1 aromatic rings. The van der Waals surface area contributed by atoms with Crippen molar-refractivity contribution < 1.29 is 8.42 Å². The molecule has 0 fully saturated rings. The zero-order valence-corrected chi connectivity index (χ0v) is 14.8. The second kappa shape index (κ2) is 6.91. The van der Waals surface area contributed by atoms with Crippen molar-refractivity contribution in [3.8, 4) is 0 Å². The summed E-state index contributed by atoms with van der Waals surface area (Å²) >= 11 is 3.27. The van der Waals surface area contributed by atoms with E-state index < -0.39 is 10.0 Å². The highest BCUT2D eigenvalue weighted by Gasteiger charge is 2.23. The molecule has 0 aliphatic rings. The number of nitrogens with one attached hydrogen (secondary N) is 1. The zero-order chi connectivity index (χ0) is 15.5. The summed E-state index contributed by atoms with van der Waals surface area (Å²) in [6.45, 7) is 8.83. The molecule has 0 atom stereocenters. The van der Waals surface area contributed by atoms with Crippen molar-refractivity contribution in [1.82, 2.24) is 4.72 Å². The van der Waals surface area contributed by atoms with Crippen LogP contribution in [0.4, 0.5) is 5.69 Å². The summed E-state index contributed by atoms with van der Waals surface area (Å²) in [6, 6.07) is 4.83. The van der Waals surface area contributed by atoms with Gasteiger partial charge in [0.2, 0.25) is 10.0 Å². The molecule has 0 aliphatic heterocycles. The molecule has 0 saturated heterocycles. The van der Waals surface area contributed by atoms with E-state index in [1.54, 1.807) is 12.1 Å². The number of sulfonamides is 1. The van der Waals surface area contributed by atoms with Crippen LogP contribution >= 0.6 is 15.9 Å². The lowest BCUT2D eigenvalue weighted by molar-refractivity contribution is 0.289. The Morgan fingerprint density at radius 3 is 2.25 bits per heavy atom. The van der Waals surface area contributed by atoms with Crippen molar-refractivity contribution in [3.05, 3.63) is 22.7 Å². The van der Waals surface area contributed by atoms with Crippen molar-refractivity contribution in [3.63, 3.8) is 0 Å². The Hall–Kier alpha value is -0.590. The van der Waals surface area contributed by atoms with Crippen LogP contribution in [-0.4, -0.2) is 15.0 Å². The molecule has 0 aliphatic carbocycles. The Morgan fingerprint density at radius 1 is 1.20 bits per heavy atom. The molecule has 6 heteroatoms. The molecule has 1 aromatic carbocycles. The topological polar surface area (TPSA) is 72.2 Å². The maximum absolute atomic E-state index is 12.3. The summed E-state index contributed by atoms with van der Waals surface area (Å²) in [5, 5.41) is 0. The molecule has 3 N–H and O–H groups in total. The largest absolute Gasteiger partial charge is 0.398 e. The van der Waals surface area contributed by atoms with Crippen LogP contribution in [0.15, 0.2) is 27.6 Å². The number of hydrogen-bond acceptors (Lipinski definition) is 3. The van der Waals surface area contributed by atoms with E-state index in [2.05, 4.69) is 48.3 Å². The van der Waals surface area contributed by atoms with Gasteiger partial charge in [0.1, 0.15) is 4.90 Å². The van der Waals surface area contributed by atoms with Gasteiger partial charge >= 0.3 is 0 Å². The maximum Gasteiger partial charge on any atom is 0.242 e. The van der Waals surface area contributed by atoms with Crippen LogP contribution in [0.25, 0.3) is 0 Å². The van der Waals surface area contributed by atoms with Gasteiger partial charge in [-0.05, 0) is 36.0 Å². The van der Waals surface area contributed by atoms with Crippen LogP contribution in [0, 0.1) is 17.8 Å². The predicted molar refractivity (Wildman–Crippen MR) is 86.9 cm³/mol. The fourth-order valence-electron chi connectivity index (χ4n) is 2.27. The van der Waals surface area contributed by atoms with Crippen LogP contribution in [0.2, 0.25) is 0 Å². The van der Waals surface area contributed by atoms with Crippen molar-refractivity contribution in [2.45, 2.75) is 32.6 Å². The van der Waals surface area contributed by atoms with Gasteiger partial charge in [-0.15, -0.1) is 0 Å². The Morgan fingerprint density at radius 2 is 1.75 bits per heavy atom. The molecule has 0 radical (unpaired) electrons. The Labute approximate surface area is 130 Å². The molecule has 0 amide bonds. The van der Waals surface area contributed by atoms with Gasteiger partial charge in [0, 0.05) is 11.0 Å². The normalized spacial score (nSPS) is 12.6. The van der Waals surface area contributed by atoms with Crippen molar-refractivity contribution in [1.29, 1.82) is 0 Å². The van der Waals surface area contributed by atoms with E-state index in [1.807, 2.05) is 0 Å². The first-order chi connectivity index (χ1) is 9.15. The standard InChI is InChI=1S/C14H23BrN2O2S/c1-9(2)12(10(3)4)8-17-20(18,19)14-7-11(15)5-6-13(14)16/h5-7,9-10,12,17H,8,16H2,1-4H3. The number of rotatable bonds is 6. The average molecular weight is 363 g/mol. The van der Waals surface area contributed by atoms with Gasteiger partial charge in [0.25, 0.3) is 0 Å². The molecular formula is C14H23BrN2O2S. The lowest BCUT2D eigenvalue weighted by atomic mass is 9.86. The third kappa shape index (κ3) is 4.46. The molecule has 0 saturated carbocycles. The Kier molecular flexibility index (Phi) is 6.04. The van der Waals surface area contributed by atoms with Crippen molar-refractivity contribution >= 4 is 31.6 Å². The molecule has 0 heterocycles. The first-order valence-corrected chi connectivity index (χ1v) is 8.97. The van der Waals surface area contributed by atoms with Gasteiger partial charge in [0.05, 0.1) is 5.69 Å². The second-order valence-electron chi connectivity index (χ2n) is 5.69. The zero-order valence-electron chi connectivity index (χ0n) is 12.4. The minimum atomic E-state index is -3.58. The third-order valence-corrected chi connectivity index (χ3v) is 5.46. The van der Waals surface area contributed by atoms with E-state index >= 15 is 0 Å². The Balaban J connectivity index is 2.93. The summed E-state index contributed by atoms with van der Waals surface area (Å²) < 4.78 is 28.1. The van der Waals surface area contributed by atoms with Gasteiger partial charge in [-0.3, -0.25) is 0 Å². The number of halogens is 1. The Bertz CT molecular complexity index is 548. The fourth-order valence-corrected chi connectivity index (χ4v) is 4.01. The summed E-state index contributed by atoms with van der Waals surface area (Å²) in [6.07, 6.45) is 0. The van der Waals surface area contributed by atoms with Gasteiger partial charge in [0.15, 0.2) is 0 Å². The number of nitrogen functional groups attached to an aromatic ring is 1. The summed E-state index contributed by atoms with van der Waals surface area (Å²) in [5.41, 5.74) is 6.02. The summed E-state index contributed by atoms with van der Waals surface area (Å²) in [5.74, 6) is 1.12. The van der Waals surface area contributed by atoms with E-state index in [1.165, 1.54) is 6.07 Å². The minimum absolute atomic E-state index is 0.123. The van der Waals surface area contributed by atoms with Gasteiger partial charge in [-0.2, -0.15) is 0 Å². The van der Waals surface area contributed by atoms with Gasteiger partial charge < -0.3 is 5.73 Å². The fraction of sp³-hybridized carbons (Fsp3) is 0.571. The highest BCUT2D eigenvalue weighted by atomic mass is 79.9. The lowest BCUT2D eigenvalue weighted by Crippen LogP contribution is -2.34. The van der Waals surface area contributed by atoms with E-state index in [0.29, 0.717) is 22.9 Å². The molecule has 0 unspecified atom stereocenters. The van der Waals surface area contributed by atoms with E-state index in [9.17, 15) is 8.42 Å².